The second-order valence-corrected chi connectivity index (χ2v) is 8.53. The van der Waals surface area contributed by atoms with Crippen LogP contribution in [0.5, 0.6) is 0 Å². The fourth-order valence-electron chi connectivity index (χ4n) is 3.52. The Morgan fingerprint density at radius 1 is 0.774 bits per heavy atom. The first kappa shape index (κ1) is 22.5. The van der Waals surface area contributed by atoms with Crippen molar-refractivity contribution in [2.45, 2.75) is 13.0 Å². The zero-order chi connectivity index (χ0) is 22.7. The van der Waals surface area contributed by atoms with E-state index in [0.29, 0.717) is 17.9 Å². The molecule has 0 aliphatic heterocycles. The standard InChI is InChI=1S/C24H32N6O/c1-17(16-27(2)3)30-24(31)25-22(18-8-12-20(13-9-18)28(4)5)23(26-30)19-10-14-21(15-11-19)29(6)7/h8-15,17H,16H2,1-7H3. The first-order chi connectivity index (χ1) is 14.7. The van der Waals surface area contributed by atoms with Crippen LogP contribution in [0, 0.1) is 0 Å². The van der Waals surface area contributed by atoms with E-state index in [-0.39, 0.29) is 11.7 Å². The van der Waals surface area contributed by atoms with Gasteiger partial charge >= 0.3 is 5.69 Å². The van der Waals surface area contributed by atoms with Crippen LogP contribution in [0.2, 0.25) is 0 Å². The lowest BCUT2D eigenvalue weighted by atomic mass is 10.0. The molecule has 0 bridgehead atoms. The van der Waals surface area contributed by atoms with Gasteiger partial charge in [-0.2, -0.15) is 10.1 Å². The van der Waals surface area contributed by atoms with Crippen LogP contribution in [0.1, 0.15) is 13.0 Å². The number of hydrogen-bond donors (Lipinski definition) is 0. The maximum Gasteiger partial charge on any atom is 0.364 e. The third kappa shape index (κ3) is 5.11. The lowest BCUT2D eigenvalue weighted by Crippen LogP contribution is -2.34. The second kappa shape index (κ2) is 9.31. The first-order valence-electron chi connectivity index (χ1n) is 10.4. The average Bonchev–Trinajstić information content (AvgIpc) is 2.73. The summed E-state index contributed by atoms with van der Waals surface area (Å²) in [5.74, 6) is 0. The van der Waals surface area contributed by atoms with E-state index in [9.17, 15) is 4.79 Å². The molecule has 0 N–H and O–H groups in total. The van der Waals surface area contributed by atoms with E-state index < -0.39 is 0 Å². The molecule has 164 valence electrons. The van der Waals surface area contributed by atoms with Gasteiger partial charge in [0.1, 0.15) is 11.4 Å². The zero-order valence-electron chi connectivity index (χ0n) is 19.5. The Morgan fingerprint density at radius 3 is 1.65 bits per heavy atom. The van der Waals surface area contributed by atoms with Gasteiger partial charge < -0.3 is 14.7 Å². The molecular formula is C24H32N6O. The number of anilines is 2. The summed E-state index contributed by atoms with van der Waals surface area (Å²) in [6.07, 6.45) is 0. The molecule has 0 spiro atoms. The molecule has 0 saturated carbocycles. The molecule has 0 aliphatic carbocycles. The molecule has 7 nitrogen and oxygen atoms in total. The van der Waals surface area contributed by atoms with Crippen LogP contribution >= 0.6 is 0 Å². The Morgan fingerprint density at radius 2 is 1.23 bits per heavy atom. The van der Waals surface area contributed by atoms with Crippen LogP contribution in [-0.2, 0) is 0 Å². The first-order valence-corrected chi connectivity index (χ1v) is 10.4. The highest BCUT2D eigenvalue weighted by Crippen LogP contribution is 2.30. The van der Waals surface area contributed by atoms with E-state index in [4.69, 9.17) is 5.10 Å². The summed E-state index contributed by atoms with van der Waals surface area (Å²) >= 11 is 0. The number of hydrogen-bond acceptors (Lipinski definition) is 6. The highest BCUT2D eigenvalue weighted by Gasteiger charge is 2.18. The highest BCUT2D eigenvalue weighted by molar-refractivity contribution is 5.78. The Kier molecular flexibility index (Phi) is 6.75. The van der Waals surface area contributed by atoms with Gasteiger partial charge in [0.15, 0.2) is 0 Å². The SMILES string of the molecule is CC(CN(C)C)n1nc(-c2ccc(N(C)C)cc2)c(-c2ccc(N(C)C)cc2)nc1=O. The quantitative estimate of drug-likeness (QED) is 0.585. The van der Waals surface area contributed by atoms with Crippen molar-refractivity contribution in [1.29, 1.82) is 0 Å². The van der Waals surface area contributed by atoms with Gasteiger partial charge in [-0.25, -0.2) is 9.48 Å². The fourth-order valence-corrected chi connectivity index (χ4v) is 3.52. The van der Waals surface area contributed by atoms with Crippen molar-refractivity contribution in [2.24, 2.45) is 0 Å². The molecule has 2 aromatic carbocycles. The maximum atomic E-state index is 12.9. The summed E-state index contributed by atoms with van der Waals surface area (Å²) in [4.78, 5) is 23.5. The Balaban J connectivity index is 2.16. The number of likely N-dealkylation sites (N-methyl/N-ethyl adjacent to an activating group) is 1. The molecule has 0 saturated heterocycles. The number of benzene rings is 2. The van der Waals surface area contributed by atoms with E-state index in [2.05, 4.69) is 22.0 Å². The van der Waals surface area contributed by atoms with E-state index in [1.54, 1.807) is 0 Å². The highest BCUT2D eigenvalue weighted by atomic mass is 16.1. The predicted octanol–water partition coefficient (Wildman–Crippen LogP) is 3.23. The molecule has 1 atom stereocenters. The molecule has 0 amide bonds. The normalized spacial score (nSPS) is 12.1. The molecule has 3 rings (SSSR count). The van der Waals surface area contributed by atoms with Crippen LogP contribution in [0.15, 0.2) is 53.3 Å². The summed E-state index contributed by atoms with van der Waals surface area (Å²) < 4.78 is 1.49. The van der Waals surface area contributed by atoms with Crippen molar-refractivity contribution in [3.63, 3.8) is 0 Å². The minimum atomic E-state index is -0.338. The maximum absolute atomic E-state index is 12.9. The van der Waals surface area contributed by atoms with Gasteiger partial charge in [-0.1, -0.05) is 24.3 Å². The molecule has 3 aromatic rings. The van der Waals surface area contributed by atoms with E-state index in [1.165, 1.54) is 4.68 Å². The monoisotopic (exact) mass is 420 g/mol. The number of aromatic nitrogens is 3. The van der Waals surface area contributed by atoms with Gasteiger partial charge in [-0.15, -0.1) is 0 Å². The molecule has 1 unspecified atom stereocenters. The van der Waals surface area contributed by atoms with Gasteiger partial charge in [-0.05, 0) is 45.3 Å². The Labute approximate surface area is 184 Å². The number of rotatable bonds is 7. The van der Waals surface area contributed by atoms with Gasteiger partial charge in [0.2, 0.25) is 0 Å². The van der Waals surface area contributed by atoms with Gasteiger partial charge in [-0.3, -0.25) is 0 Å². The van der Waals surface area contributed by atoms with Crippen LogP contribution in [0.3, 0.4) is 0 Å². The summed E-state index contributed by atoms with van der Waals surface area (Å²) in [6.45, 7) is 2.69. The molecule has 1 aromatic heterocycles. The third-order valence-corrected chi connectivity index (χ3v) is 5.20. The molecule has 0 fully saturated rings. The smallest absolute Gasteiger partial charge is 0.364 e. The molecule has 31 heavy (non-hydrogen) atoms. The van der Waals surface area contributed by atoms with Crippen molar-refractivity contribution in [2.75, 3.05) is 58.6 Å². The molecular weight excluding hydrogens is 388 g/mol. The van der Waals surface area contributed by atoms with Crippen molar-refractivity contribution < 1.29 is 0 Å². The van der Waals surface area contributed by atoms with Crippen molar-refractivity contribution in [3.8, 4) is 22.5 Å². The second-order valence-electron chi connectivity index (χ2n) is 8.53. The van der Waals surface area contributed by atoms with Gasteiger partial charge in [0.25, 0.3) is 0 Å². The van der Waals surface area contributed by atoms with Crippen LogP contribution in [0.25, 0.3) is 22.5 Å². The van der Waals surface area contributed by atoms with E-state index in [0.717, 1.165) is 22.5 Å². The van der Waals surface area contributed by atoms with Gasteiger partial charge in [0, 0.05) is 57.2 Å². The summed E-state index contributed by atoms with van der Waals surface area (Å²) in [7, 11) is 12.0. The van der Waals surface area contributed by atoms with Crippen LogP contribution in [0.4, 0.5) is 11.4 Å². The molecule has 1 heterocycles. The molecule has 0 radical (unpaired) electrons. The largest absolute Gasteiger partial charge is 0.378 e. The van der Waals surface area contributed by atoms with Crippen LogP contribution < -0.4 is 15.5 Å². The van der Waals surface area contributed by atoms with Crippen molar-refractivity contribution >= 4 is 11.4 Å². The average molecular weight is 421 g/mol. The Hall–Kier alpha value is -3.19. The summed E-state index contributed by atoms with van der Waals surface area (Å²) in [5, 5.41) is 4.79. The predicted molar refractivity (Wildman–Crippen MR) is 129 cm³/mol. The zero-order valence-corrected chi connectivity index (χ0v) is 19.5. The summed E-state index contributed by atoms with van der Waals surface area (Å²) in [6, 6.07) is 16.1. The third-order valence-electron chi connectivity index (χ3n) is 5.20. The Bertz CT molecular complexity index is 1070. The molecule has 0 aliphatic rings. The van der Waals surface area contributed by atoms with Crippen molar-refractivity contribution in [1.82, 2.24) is 19.7 Å². The van der Waals surface area contributed by atoms with E-state index in [1.807, 2.05) is 95.4 Å². The fraction of sp³-hybridized carbons (Fsp3) is 0.375. The number of nitrogens with zero attached hydrogens (tertiary/aromatic N) is 6. The topological polar surface area (TPSA) is 57.5 Å². The van der Waals surface area contributed by atoms with Crippen LogP contribution in [-0.4, -0.2) is 68.5 Å². The minimum absolute atomic E-state index is 0.0973. The lowest BCUT2D eigenvalue weighted by Gasteiger charge is -2.20. The summed E-state index contributed by atoms with van der Waals surface area (Å²) in [5.41, 5.74) is 4.94. The molecule has 7 heteroatoms. The van der Waals surface area contributed by atoms with Crippen molar-refractivity contribution in [3.05, 3.63) is 59.0 Å². The lowest BCUT2D eigenvalue weighted by molar-refractivity contribution is 0.313. The van der Waals surface area contributed by atoms with Gasteiger partial charge in [0.05, 0.1) is 6.04 Å². The van der Waals surface area contributed by atoms with E-state index >= 15 is 0 Å². The minimum Gasteiger partial charge on any atom is -0.378 e.